The van der Waals surface area contributed by atoms with Gasteiger partial charge in [0.1, 0.15) is 11.8 Å². The van der Waals surface area contributed by atoms with Gasteiger partial charge < -0.3 is 9.64 Å². The van der Waals surface area contributed by atoms with Crippen LogP contribution in [0.2, 0.25) is 10.0 Å². The molecule has 0 aliphatic carbocycles. The molecule has 2 saturated heterocycles. The number of thiazole rings is 1. The fourth-order valence-electron chi connectivity index (χ4n) is 5.38. The number of imide groups is 1. The number of aromatic nitrogens is 1. The average molecular weight is 636 g/mol. The van der Waals surface area contributed by atoms with Gasteiger partial charge in [-0.15, -0.1) is 0 Å². The van der Waals surface area contributed by atoms with Gasteiger partial charge in [0.2, 0.25) is 17.7 Å². The normalized spacial score (nSPS) is 22.0. The molecular weight excluding hydrogens is 615 g/mol. The number of anilines is 1. The number of nitro benzene ring substituents is 1. The number of hydrogen-bond acceptors (Lipinski definition) is 9. The molecule has 0 spiro atoms. The lowest BCUT2D eigenvalue weighted by Gasteiger charge is -2.31. The Morgan fingerprint density at radius 2 is 1.76 bits per heavy atom. The number of thioether (sulfide) groups is 1. The summed E-state index contributed by atoms with van der Waals surface area (Å²) in [5.74, 6) is -3.04. The number of nitrogens with zero attached hydrogens (tertiary/aromatic N) is 4. The zero-order chi connectivity index (χ0) is 29.0. The Hall–Kier alpha value is -3.23. The van der Waals surface area contributed by atoms with Crippen LogP contribution in [0.1, 0.15) is 16.4 Å². The van der Waals surface area contributed by atoms with Gasteiger partial charge in [-0.1, -0.05) is 58.4 Å². The summed E-state index contributed by atoms with van der Waals surface area (Å²) in [6.07, 6.45) is 0. The second-order valence-corrected chi connectivity index (χ2v) is 12.5. The van der Waals surface area contributed by atoms with E-state index in [0.29, 0.717) is 41.8 Å². The first-order valence-corrected chi connectivity index (χ1v) is 14.9. The van der Waals surface area contributed by atoms with Gasteiger partial charge in [-0.3, -0.25) is 33.9 Å². The second-order valence-electron chi connectivity index (χ2n) is 9.59. The minimum Gasteiger partial charge on any atom is -0.378 e. The number of morpholine rings is 1. The molecule has 2 aromatic carbocycles. The lowest BCUT2D eigenvalue weighted by atomic mass is 9.83. The summed E-state index contributed by atoms with van der Waals surface area (Å²) >= 11 is 15.0. The SMILES string of the molecule is O=C(Cn1c2c(sc1=O)[C@@H](c1cccc(Cl)c1Cl)[C@@H]1C(=O)N(c3ccc([N+](=O)[O-])cc3)C(=O)[C@@H]1S2)N1CCOCC1. The smallest absolute Gasteiger partial charge is 0.308 e. The lowest BCUT2D eigenvalue weighted by molar-refractivity contribution is -0.384. The van der Waals surface area contributed by atoms with E-state index in [1.165, 1.54) is 28.8 Å². The molecule has 0 N–H and O–H groups in total. The molecule has 3 aliphatic rings. The number of carbonyl (C=O) groups excluding carboxylic acids is 3. The van der Waals surface area contributed by atoms with Crippen LogP contribution in [0.5, 0.6) is 0 Å². The lowest BCUT2D eigenvalue weighted by Crippen LogP contribution is -2.43. The maximum Gasteiger partial charge on any atom is 0.308 e. The van der Waals surface area contributed by atoms with Crippen molar-refractivity contribution in [2.75, 3.05) is 31.2 Å². The van der Waals surface area contributed by atoms with E-state index < -0.39 is 33.8 Å². The van der Waals surface area contributed by atoms with Crippen LogP contribution in [-0.2, 0) is 25.7 Å². The molecule has 3 aromatic rings. The van der Waals surface area contributed by atoms with Crippen LogP contribution in [0.3, 0.4) is 0 Å². The highest BCUT2D eigenvalue weighted by Gasteiger charge is 2.57. The van der Waals surface area contributed by atoms with Crippen molar-refractivity contribution in [3.05, 3.63) is 82.7 Å². The summed E-state index contributed by atoms with van der Waals surface area (Å²) in [6, 6.07) is 10.1. The molecule has 11 nitrogen and oxygen atoms in total. The molecule has 1 aromatic heterocycles. The topological polar surface area (TPSA) is 132 Å². The van der Waals surface area contributed by atoms with Gasteiger partial charge in [-0.05, 0) is 23.8 Å². The van der Waals surface area contributed by atoms with Gasteiger partial charge >= 0.3 is 4.87 Å². The summed E-state index contributed by atoms with van der Waals surface area (Å²) in [7, 11) is 0. The Morgan fingerprint density at radius 3 is 2.44 bits per heavy atom. The Morgan fingerprint density at radius 1 is 1.05 bits per heavy atom. The quantitative estimate of drug-likeness (QED) is 0.235. The molecular formula is C26H20Cl2N4O7S2. The number of benzene rings is 2. The van der Waals surface area contributed by atoms with Crippen molar-refractivity contribution in [1.82, 2.24) is 9.47 Å². The molecule has 2 fully saturated rings. The van der Waals surface area contributed by atoms with E-state index in [9.17, 15) is 29.3 Å². The van der Waals surface area contributed by atoms with Gasteiger partial charge in [0, 0.05) is 36.0 Å². The number of rotatable bonds is 5. The van der Waals surface area contributed by atoms with Crippen molar-refractivity contribution in [3.63, 3.8) is 0 Å². The van der Waals surface area contributed by atoms with Gasteiger partial charge in [0.05, 0.1) is 44.8 Å². The molecule has 0 radical (unpaired) electrons. The van der Waals surface area contributed by atoms with E-state index in [4.69, 9.17) is 27.9 Å². The molecule has 4 heterocycles. The molecule has 41 heavy (non-hydrogen) atoms. The molecule has 0 saturated carbocycles. The zero-order valence-electron chi connectivity index (χ0n) is 21.0. The van der Waals surface area contributed by atoms with Gasteiger partial charge in [-0.2, -0.15) is 0 Å². The van der Waals surface area contributed by atoms with Crippen LogP contribution in [-0.4, -0.2) is 63.7 Å². The highest BCUT2D eigenvalue weighted by Crippen LogP contribution is 2.55. The van der Waals surface area contributed by atoms with Crippen LogP contribution >= 0.6 is 46.3 Å². The first-order chi connectivity index (χ1) is 19.7. The highest BCUT2D eigenvalue weighted by atomic mass is 35.5. The molecule has 3 atom stereocenters. The van der Waals surface area contributed by atoms with Gasteiger partial charge in [-0.25, -0.2) is 4.90 Å². The fourth-order valence-corrected chi connectivity index (χ4v) is 8.57. The molecule has 212 valence electrons. The maximum absolute atomic E-state index is 14.0. The summed E-state index contributed by atoms with van der Waals surface area (Å²) in [6.45, 7) is 1.42. The Bertz CT molecular complexity index is 1650. The molecule has 3 aliphatic heterocycles. The first kappa shape index (κ1) is 27.9. The fraction of sp³-hybridized carbons (Fsp3) is 0.308. The van der Waals surface area contributed by atoms with Crippen molar-refractivity contribution < 1.29 is 24.0 Å². The summed E-state index contributed by atoms with van der Waals surface area (Å²) in [4.78, 5) is 67.5. The third kappa shape index (κ3) is 4.75. The number of fused-ring (bicyclic) bond motifs is 2. The van der Waals surface area contributed by atoms with Crippen LogP contribution in [0.25, 0.3) is 0 Å². The Balaban J connectivity index is 1.45. The van der Waals surface area contributed by atoms with Crippen molar-refractivity contribution in [1.29, 1.82) is 0 Å². The zero-order valence-corrected chi connectivity index (χ0v) is 24.2. The molecule has 6 rings (SSSR count). The highest BCUT2D eigenvalue weighted by molar-refractivity contribution is 8.00. The number of nitro groups is 1. The number of amides is 3. The molecule has 0 unspecified atom stereocenters. The van der Waals surface area contributed by atoms with E-state index in [1.54, 1.807) is 23.1 Å². The van der Waals surface area contributed by atoms with Crippen molar-refractivity contribution in [2.24, 2.45) is 5.92 Å². The van der Waals surface area contributed by atoms with Crippen molar-refractivity contribution in [3.8, 4) is 0 Å². The van der Waals surface area contributed by atoms with E-state index in [1.807, 2.05) is 0 Å². The van der Waals surface area contributed by atoms with E-state index in [2.05, 4.69) is 0 Å². The van der Waals surface area contributed by atoms with Gasteiger partial charge in [0.25, 0.3) is 5.69 Å². The first-order valence-electron chi connectivity index (χ1n) is 12.5. The monoisotopic (exact) mass is 634 g/mol. The number of carbonyl (C=O) groups is 3. The third-order valence-electron chi connectivity index (χ3n) is 7.34. The number of non-ortho nitro benzene ring substituents is 1. The Labute approximate surface area is 250 Å². The third-order valence-corrected chi connectivity index (χ3v) is 10.8. The van der Waals surface area contributed by atoms with Crippen LogP contribution in [0.4, 0.5) is 11.4 Å². The number of halogens is 2. The summed E-state index contributed by atoms with van der Waals surface area (Å²) in [5, 5.41) is 11.1. The van der Waals surface area contributed by atoms with Crippen LogP contribution in [0.15, 0.2) is 52.3 Å². The molecule has 0 bridgehead atoms. The van der Waals surface area contributed by atoms with Crippen molar-refractivity contribution in [2.45, 2.75) is 22.7 Å². The predicted octanol–water partition coefficient (Wildman–Crippen LogP) is 3.78. The van der Waals surface area contributed by atoms with Crippen LogP contribution in [0, 0.1) is 16.0 Å². The standard InChI is InChI=1S/C26H20Cl2N4O7S2/c27-16-3-1-2-15(20(16)28)18-19-21(24(35)31(23(19)34)13-4-6-14(7-5-13)32(37)38)40-25-22(18)41-26(36)30(25)12-17(33)29-8-10-39-11-9-29/h1-7,18-19,21H,8-12H2/t18-,19-,21+/m0/s1. The number of hydrogen-bond donors (Lipinski definition) is 0. The van der Waals surface area contributed by atoms with Crippen LogP contribution < -0.4 is 9.77 Å². The summed E-state index contributed by atoms with van der Waals surface area (Å²) < 4.78 is 6.68. The summed E-state index contributed by atoms with van der Waals surface area (Å²) in [5.41, 5.74) is 0.495. The van der Waals surface area contributed by atoms with E-state index in [-0.39, 0.29) is 38.7 Å². The number of ether oxygens (including phenoxy) is 1. The average Bonchev–Trinajstić information content (AvgIpc) is 3.41. The second kappa shape index (κ2) is 10.9. The minimum atomic E-state index is -0.941. The minimum absolute atomic E-state index is 0.181. The molecule has 3 amide bonds. The van der Waals surface area contributed by atoms with E-state index in [0.717, 1.165) is 28.0 Å². The van der Waals surface area contributed by atoms with Gasteiger partial charge in [0.15, 0.2) is 0 Å². The van der Waals surface area contributed by atoms with Crippen molar-refractivity contribution >= 4 is 75.4 Å². The van der Waals surface area contributed by atoms with E-state index >= 15 is 0 Å². The Kier molecular flexibility index (Phi) is 7.41. The molecule has 15 heteroatoms. The maximum atomic E-state index is 14.0. The largest absolute Gasteiger partial charge is 0.378 e. The predicted molar refractivity (Wildman–Crippen MR) is 153 cm³/mol.